The summed E-state index contributed by atoms with van der Waals surface area (Å²) in [6.45, 7) is 4.24. The van der Waals surface area contributed by atoms with Gasteiger partial charge in [0.05, 0.1) is 11.6 Å². The van der Waals surface area contributed by atoms with Gasteiger partial charge < -0.3 is 10.2 Å². The van der Waals surface area contributed by atoms with Gasteiger partial charge in [0.25, 0.3) is 0 Å². The van der Waals surface area contributed by atoms with Gasteiger partial charge in [0.2, 0.25) is 11.8 Å². The van der Waals surface area contributed by atoms with E-state index in [1.54, 1.807) is 29.2 Å². The van der Waals surface area contributed by atoms with Crippen LogP contribution in [0.5, 0.6) is 0 Å². The molecule has 0 spiro atoms. The number of nitrogens with one attached hydrogen (secondary N) is 1. The van der Waals surface area contributed by atoms with Crippen LogP contribution in [0.15, 0.2) is 24.3 Å². The first-order valence-corrected chi connectivity index (χ1v) is 8.44. The van der Waals surface area contributed by atoms with E-state index in [-0.39, 0.29) is 24.2 Å². The number of aromatic nitrogens is 1. The predicted octanol–water partition coefficient (Wildman–Crippen LogP) is 3.40. The lowest BCUT2D eigenvalue weighted by Crippen LogP contribution is -2.28. The molecule has 0 saturated carbocycles. The van der Waals surface area contributed by atoms with Crippen LogP contribution in [0.25, 0.3) is 0 Å². The number of halogens is 1. The van der Waals surface area contributed by atoms with Crippen molar-refractivity contribution in [3.63, 3.8) is 0 Å². The topological polar surface area (TPSA) is 62.3 Å². The van der Waals surface area contributed by atoms with Gasteiger partial charge in [-0.25, -0.2) is 4.98 Å². The van der Waals surface area contributed by atoms with Crippen LogP contribution in [0, 0.1) is 19.8 Å². The van der Waals surface area contributed by atoms with Crippen molar-refractivity contribution in [2.75, 3.05) is 16.8 Å². The first-order chi connectivity index (χ1) is 10.9. The molecule has 2 aromatic rings. The van der Waals surface area contributed by atoms with Crippen molar-refractivity contribution in [3.8, 4) is 0 Å². The molecule has 120 valence electrons. The molecule has 1 atom stereocenters. The molecule has 1 unspecified atom stereocenters. The summed E-state index contributed by atoms with van der Waals surface area (Å²) < 4.78 is 0. The largest absolute Gasteiger partial charge is 0.312 e. The van der Waals surface area contributed by atoms with Gasteiger partial charge in [-0.1, -0.05) is 11.6 Å². The highest BCUT2D eigenvalue weighted by molar-refractivity contribution is 7.15. The Morgan fingerprint density at radius 2 is 2.04 bits per heavy atom. The van der Waals surface area contributed by atoms with Gasteiger partial charge in [-0.3, -0.25) is 9.59 Å². The number of thiazole rings is 1. The van der Waals surface area contributed by atoms with Gasteiger partial charge in [0.1, 0.15) is 0 Å². The third-order valence-corrected chi connectivity index (χ3v) is 5.13. The van der Waals surface area contributed by atoms with Crippen molar-refractivity contribution in [1.82, 2.24) is 4.98 Å². The highest BCUT2D eigenvalue weighted by atomic mass is 35.5. The Morgan fingerprint density at radius 3 is 2.65 bits per heavy atom. The molecule has 23 heavy (non-hydrogen) atoms. The minimum absolute atomic E-state index is 0.0565. The minimum atomic E-state index is -0.373. The van der Waals surface area contributed by atoms with E-state index in [1.165, 1.54) is 11.3 Å². The van der Waals surface area contributed by atoms with Crippen molar-refractivity contribution in [2.45, 2.75) is 20.3 Å². The zero-order valence-corrected chi connectivity index (χ0v) is 14.4. The molecule has 2 heterocycles. The van der Waals surface area contributed by atoms with Gasteiger partial charge in [-0.15, -0.1) is 11.3 Å². The second-order valence-corrected chi connectivity index (χ2v) is 7.17. The molecule has 2 amide bonds. The molecular formula is C16H16ClN3O2S. The fourth-order valence-electron chi connectivity index (χ4n) is 2.49. The average Bonchev–Trinajstić information content (AvgIpc) is 3.03. The van der Waals surface area contributed by atoms with Gasteiger partial charge in [-0.2, -0.15) is 0 Å². The maximum atomic E-state index is 12.4. The first-order valence-electron chi connectivity index (χ1n) is 7.25. The Labute approximate surface area is 143 Å². The zero-order chi connectivity index (χ0) is 16.6. The summed E-state index contributed by atoms with van der Waals surface area (Å²) >= 11 is 7.31. The van der Waals surface area contributed by atoms with E-state index in [9.17, 15) is 9.59 Å². The van der Waals surface area contributed by atoms with Crippen LogP contribution < -0.4 is 10.2 Å². The van der Waals surface area contributed by atoms with E-state index in [1.807, 2.05) is 13.8 Å². The second-order valence-electron chi connectivity index (χ2n) is 5.53. The molecule has 1 N–H and O–H groups in total. The molecule has 1 aliphatic heterocycles. The number of rotatable bonds is 3. The SMILES string of the molecule is Cc1nc(NC(=O)C2CC(=O)N(c3ccc(Cl)cc3)C2)sc1C. The molecule has 1 aromatic heterocycles. The quantitative estimate of drug-likeness (QED) is 0.923. The molecule has 0 bridgehead atoms. The summed E-state index contributed by atoms with van der Waals surface area (Å²) in [6, 6.07) is 7.04. The molecular weight excluding hydrogens is 334 g/mol. The van der Waals surface area contributed by atoms with E-state index in [2.05, 4.69) is 10.3 Å². The maximum Gasteiger partial charge on any atom is 0.231 e. The van der Waals surface area contributed by atoms with Gasteiger partial charge in [0, 0.05) is 28.6 Å². The summed E-state index contributed by atoms with van der Waals surface area (Å²) in [5.74, 6) is -0.592. The van der Waals surface area contributed by atoms with Crippen molar-refractivity contribution in [3.05, 3.63) is 39.9 Å². The van der Waals surface area contributed by atoms with E-state index >= 15 is 0 Å². The van der Waals surface area contributed by atoms with Crippen molar-refractivity contribution >= 4 is 45.6 Å². The van der Waals surface area contributed by atoms with Crippen molar-refractivity contribution in [2.24, 2.45) is 5.92 Å². The summed E-state index contributed by atoms with van der Waals surface area (Å²) in [7, 11) is 0. The second kappa shape index (κ2) is 6.29. The van der Waals surface area contributed by atoms with Crippen LogP contribution in [-0.2, 0) is 9.59 Å². The Hall–Kier alpha value is -1.92. The Balaban J connectivity index is 1.69. The van der Waals surface area contributed by atoms with Crippen LogP contribution in [0.3, 0.4) is 0 Å². The number of hydrogen-bond donors (Lipinski definition) is 1. The standard InChI is InChI=1S/C16H16ClN3O2S/c1-9-10(2)23-16(18-9)19-15(22)11-7-14(21)20(8-11)13-5-3-12(17)4-6-13/h3-6,11H,7-8H2,1-2H3,(H,18,19,22). The average molecular weight is 350 g/mol. The van der Waals surface area contributed by atoms with E-state index in [0.717, 1.165) is 16.3 Å². The lowest BCUT2D eigenvalue weighted by Gasteiger charge is -2.16. The maximum absolute atomic E-state index is 12.4. The predicted molar refractivity (Wildman–Crippen MR) is 92.1 cm³/mol. The van der Waals surface area contributed by atoms with Crippen LogP contribution >= 0.6 is 22.9 Å². The van der Waals surface area contributed by atoms with E-state index in [0.29, 0.717) is 16.7 Å². The highest BCUT2D eigenvalue weighted by Gasteiger charge is 2.35. The van der Waals surface area contributed by atoms with Crippen LogP contribution in [0.2, 0.25) is 5.02 Å². The van der Waals surface area contributed by atoms with Crippen LogP contribution in [0.4, 0.5) is 10.8 Å². The number of benzene rings is 1. The summed E-state index contributed by atoms with van der Waals surface area (Å²) in [6.07, 6.45) is 0.206. The number of amides is 2. The van der Waals surface area contributed by atoms with Gasteiger partial charge in [0.15, 0.2) is 5.13 Å². The molecule has 1 aromatic carbocycles. The Morgan fingerprint density at radius 1 is 1.35 bits per heavy atom. The van der Waals surface area contributed by atoms with Crippen LogP contribution in [0.1, 0.15) is 17.0 Å². The summed E-state index contributed by atoms with van der Waals surface area (Å²) in [5, 5.41) is 4.02. The molecule has 0 aliphatic carbocycles. The lowest BCUT2D eigenvalue weighted by molar-refractivity contribution is -0.122. The van der Waals surface area contributed by atoms with Crippen LogP contribution in [-0.4, -0.2) is 23.3 Å². The fourth-order valence-corrected chi connectivity index (χ4v) is 3.43. The van der Waals surface area contributed by atoms with Gasteiger partial charge in [-0.05, 0) is 38.1 Å². The zero-order valence-electron chi connectivity index (χ0n) is 12.8. The first kappa shape index (κ1) is 16.0. The number of hydrogen-bond acceptors (Lipinski definition) is 4. The molecule has 0 radical (unpaired) electrons. The smallest absolute Gasteiger partial charge is 0.231 e. The fraction of sp³-hybridized carbons (Fsp3) is 0.312. The molecule has 1 aliphatic rings. The van der Waals surface area contributed by atoms with E-state index in [4.69, 9.17) is 11.6 Å². The van der Waals surface area contributed by atoms with Crippen molar-refractivity contribution in [1.29, 1.82) is 0 Å². The molecule has 3 rings (SSSR count). The molecule has 7 heteroatoms. The summed E-state index contributed by atoms with van der Waals surface area (Å²) in [4.78, 5) is 31.6. The molecule has 1 saturated heterocycles. The highest BCUT2D eigenvalue weighted by Crippen LogP contribution is 2.28. The number of carbonyl (C=O) groups is 2. The normalized spacial score (nSPS) is 17.6. The number of nitrogens with zero attached hydrogens (tertiary/aromatic N) is 2. The number of anilines is 2. The van der Waals surface area contributed by atoms with E-state index < -0.39 is 0 Å². The third-order valence-electron chi connectivity index (χ3n) is 3.89. The molecule has 5 nitrogen and oxygen atoms in total. The molecule has 1 fully saturated rings. The summed E-state index contributed by atoms with van der Waals surface area (Å²) in [5.41, 5.74) is 1.67. The number of carbonyl (C=O) groups excluding carboxylic acids is 2. The Kier molecular flexibility index (Phi) is 4.37. The van der Waals surface area contributed by atoms with Gasteiger partial charge >= 0.3 is 0 Å². The third kappa shape index (κ3) is 3.38. The van der Waals surface area contributed by atoms with Crippen molar-refractivity contribution < 1.29 is 9.59 Å². The lowest BCUT2D eigenvalue weighted by atomic mass is 10.1. The minimum Gasteiger partial charge on any atom is -0.312 e. The Bertz CT molecular complexity index is 738. The monoisotopic (exact) mass is 349 g/mol. The number of aryl methyl sites for hydroxylation is 2.